The van der Waals surface area contributed by atoms with Gasteiger partial charge in [-0.3, -0.25) is 14.3 Å². The SMILES string of the molecule is C=S(=O)(NC(=O)C1(N)CC1)c1cc(Cl)cs1.CC(=O)C(N)CC(C)C. The standard InChI is InChI=1S/C9H11ClN2O2S2.C7H15NO/c1-16(14,7-4-6(10)5-15-7)12-8(13)9(11)2-3-9;1-5(2)4-7(8)6(3)9/h4-5H,1-3,11H2,(H,12,13,14);5,7H,4,8H2,1-3H3. The van der Waals surface area contributed by atoms with Crippen LogP contribution in [0, 0.1) is 5.92 Å². The number of Topliss-reactive ketones (excluding diaryl/α,β-unsaturated/α-hetero) is 1. The molecule has 142 valence electrons. The minimum atomic E-state index is -2.83. The van der Waals surface area contributed by atoms with Crippen molar-refractivity contribution in [3.63, 3.8) is 0 Å². The van der Waals surface area contributed by atoms with Crippen LogP contribution >= 0.6 is 22.9 Å². The monoisotopic (exact) mass is 407 g/mol. The van der Waals surface area contributed by atoms with Crippen molar-refractivity contribution in [2.45, 2.75) is 55.8 Å². The molecule has 0 aliphatic heterocycles. The third kappa shape index (κ3) is 7.07. The lowest BCUT2D eigenvalue weighted by Crippen LogP contribution is -2.44. The molecular weight excluding hydrogens is 382 g/mol. The zero-order chi connectivity index (χ0) is 19.4. The van der Waals surface area contributed by atoms with Gasteiger partial charge < -0.3 is 11.5 Å². The molecule has 0 bridgehead atoms. The minimum Gasteiger partial charge on any atom is -0.322 e. The van der Waals surface area contributed by atoms with Crippen molar-refractivity contribution in [2.24, 2.45) is 17.4 Å². The molecule has 9 heteroatoms. The number of ketones is 1. The highest BCUT2D eigenvalue weighted by molar-refractivity contribution is 8.00. The maximum Gasteiger partial charge on any atom is 0.251 e. The molecule has 0 saturated heterocycles. The number of nitrogens with one attached hydrogen (secondary N) is 1. The van der Waals surface area contributed by atoms with E-state index < -0.39 is 21.2 Å². The fraction of sp³-hybridized carbons (Fsp3) is 0.562. The number of carbonyl (C=O) groups is 2. The summed E-state index contributed by atoms with van der Waals surface area (Å²) in [7, 11) is -2.83. The van der Waals surface area contributed by atoms with Crippen LogP contribution in [0.5, 0.6) is 0 Å². The molecule has 1 amide bonds. The lowest BCUT2D eigenvalue weighted by Gasteiger charge is -2.12. The van der Waals surface area contributed by atoms with Crippen LogP contribution in [0.25, 0.3) is 0 Å². The van der Waals surface area contributed by atoms with Crippen molar-refractivity contribution in [3.8, 4) is 0 Å². The Morgan fingerprint density at radius 1 is 1.48 bits per heavy atom. The first-order valence-corrected chi connectivity index (χ1v) is 10.8. The number of nitrogens with two attached hydrogens (primary N) is 2. The summed E-state index contributed by atoms with van der Waals surface area (Å²) in [5.41, 5.74) is 10.3. The number of thiophene rings is 1. The van der Waals surface area contributed by atoms with Crippen molar-refractivity contribution in [1.29, 1.82) is 0 Å². The van der Waals surface area contributed by atoms with E-state index in [1.807, 2.05) is 0 Å². The first kappa shape index (κ1) is 22.1. The van der Waals surface area contributed by atoms with Crippen LogP contribution in [-0.4, -0.2) is 33.4 Å². The Bertz CT molecular complexity index is 725. The molecule has 5 N–H and O–H groups in total. The average Bonchev–Trinajstić information content (AvgIpc) is 3.06. The second-order valence-corrected chi connectivity index (χ2v) is 10.3. The molecule has 0 spiro atoms. The first-order chi connectivity index (χ1) is 11.4. The number of carbonyl (C=O) groups excluding carboxylic acids is 2. The number of hydrogen-bond donors (Lipinski definition) is 3. The summed E-state index contributed by atoms with van der Waals surface area (Å²) in [5.74, 6) is 3.73. The van der Waals surface area contributed by atoms with Crippen LogP contribution in [0.3, 0.4) is 0 Å². The van der Waals surface area contributed by atoms with Gasteiger partial charge in [0, 0.05) is 5.38 Å². The van der Waals surface area contributed by atoms with Gasteiger partial charge in [0.25, 0.3) is 5.91 Å². The molecule has 2 unspecified atom stereocenters. The van der Waals surface area contributed by atoms with Crippen molar-refractivity contribution in [2.75, 3.05) is 0 Å². The van der Waals surface area contributed by atoms with Crippen LogP contribution in [0.1, 0.15) is 40.0 Å². The Morgan fingerprint density at radius 3 is 2.36 bits per heavy atom. The van der Waals surface area contributed by atoms with Gasteiger partial charge in [-0.25, -0.2) is 4.21 Å². The van der Waals surface area contributed by atoms with E-state index in [1.54, 1.807) is 5.38 Å². The highest BCUT2D eigenvalue weighted by Gasteiger charge is 2.46. The highest BCUT2D eigenvalue weighted by atomic mass is 35.5. The topological polar surface area (TPSA) is 115 Å². The van der Waals surface area contributed by atoms with Crippen molar-refractivity contribution < 1.29 is 13.8 Å². The number of rotatable bonds is 6. The Balaban J connectivity index is 0.000000299. The number of amides is 1. The zero-order valence-corrected chi connectivity index (χ0v) is 17.1. The third-order valence-corrected chi connectivity index (χ3v) is 7.06. The minimum absolute atomic E-state index is 0.0868. The van der Waals surface area contributed by atoms with E-state index in [-0.39, 0.29) is 11.8 Å². The van der Waals surface area contributed by atoms with Gasteiger partial charge in [0.2, 0.25) is 0 Å². The summed E-state index contributed by atoms with van der Waals surface area (Å²) < 4.78 is 15.0. The van der Waals surface area contributed by atoms with Gasteiger partial charge >= 0.3 is 0 Å². The predicted octanol–water partition coefficient (Wildman–Crippen LogP) is 1.95. The van der Waals surface area contributed by atoms with Gasteiger partial charge in [-0.15, -0.1) is 11.3 Å². The van der Waals surface area contributed by atoms with Crippen LogP contribution in [0.15, 0.2) is 15.7 Å². The first-order valence-electron chi connectivity index (χ1n) is 7.86. The van der Waals surface area contributed by atoms with Crippen LogP contribution in [-0.2, 0) is 19.3 Å². The van der Waals surface area contributed by atoms with Gasteiger partial charge in [-0.1, -0.05) is 25.4 Å². The number of hydrogen-bond acceptors (Lipinski definition) is 6. The molecular formula is C16H26ClN3O3S2. The Morgan fingerprint density at radius 2 is 2.04 bits per heavy atom. The average molecular weight is 408 g/mol. The molecule has 1 heterocycles. The van der Waals surface area contributed by atoms with Crippen molar-refractivity contribution >= 4 is 50.2 Å². The van der Waals surface area contributed by atoms with Crippen LogP contribution in [0.2, 0.25) is 5.02 Å². The summed E-state index contributed by atoms with van der Waals surface area (Å²) in [5, 5.41) is 2.13. The maximum atomic E-state index is 12.1. The molecule has 1 aliphatic carbocycles. The van der Waals surface area contributed by atoms with Gasteiger partial charge in [0.1, 0.15) is 9.99 Å². The molecule has 0 radical (unpaired) electrons. The van der Waals surface area contributed by atoms with Crippen molar-refractivity contribution in [1.82, 2.24) is 4.72 Å². The Labute approximate surface area is 158 Å². The lowest BCUT2D eigenvalue weighted by molar-refractivity contribution is -0.121. The Hall–Kier alpha value is -0.930. The van der Waals surface area contributed by atoms with Gasteiger partial charge in [-0.2, -0.15) is 0 Å². The van der Waals surface area contributed by atoms with Crippen molar-refractivity contribution in [3.05, 3.63) is 16.5 Å². The van der Waals surface area contributed by atoms with Crippen LogP contribution < -0.4 is 16.2 Å². The highest BCUT2D eigenvalue weighted by Crippen LogP contribution is 2.33. The fourth-order valence-electron chi connectivity index (χ4n) is 1.81. The predicted molar refractivity (Wildman–Crippen MR) is 105 cm³/mol. The van der Waals surface area contributed by atoms with Gasteiger partial charge in [0.15, 0.2) is 0 Å². The smallest absolute Gasteiger partial charge is 0.251 e. The molecule has 2 atom stereocenters. The van der Waals surface area contributed by atoms with Gasteiger partial charge in [-0.05, 0) is 44.0 Å². The third-order valence-electron chi connectivity index (χ3n) is 3.61. The van der Waals surface area contributed by atoms with E-state index in [4.69, 9.17) is 23.1 Å². The Kier molecular flexibility index (Phi) is 7.64. The fourth-order valence-corrected chi connectivity index (χ4v) is 4.48. The van der Waals surface area contributed by atoms with Gasteiger partial charge in [0.05, 0.1) is 26.3 Å². The summed E-state index contributed by atoms with van der Waals surface area (Å²) in [6, 6.07) is 1.29. The maximum absolute atomic E-state index is 12.1. The second kappa shape index (κ2) is 8.64. The molecule has 1 fully saturated rings. The summed E-state index contributed by atoms with van der Waals surface area (Å²) in [6.45, 7) is 5.65. The molecule has 0 aromatic carbocycles. The number of halogens is 1. The molecule has 25 heavy (non-hydrogen) atoms. The quantitative estimate of drug-likeness (QED) is 0.623. The summed E-state index contributed by atoms with van der Waals surface area (Å²) >= 11 is 6.93. The molecule has 1 saturated carbocycles. The van der Waals surface area contributed by atoms with E-state index in [2.05, 4.69) is 24.4 Å². The molecule has 2 rings (SSSR count). The largest absolute Gasteiger partial charge is 0.322 e. The van der Waals surface area contributed by atoms with E-state index >= 15 is 0 Å². The summed E-state index contributed by atoms with van der Waals surface area (Å²) in [6.07, 6.45) is 2.05. The van der Waals surface area contributed by atoms with E-state index in [0.29, 0.717) is 28.0 Å². The lowest BCUT2D eigenvalue weighted by atomic mass is 10.0. The van der Waals surface area contributed by atoms with E-state index in [0.717, 1.165) is 6.42 Å². The zero-order valence-electron chi connectivity index (χ0n) is 14.7. The normalized spacial score (nSPS) is 18.5. The van der Waals surface area contributed by atoms with Crippen LogP contribution in [0.4, 0.5) is 0 Å². The molecule has 1 aromatic heterocycles. The summed E-state index contributed by atoms with van der Waals surface area (Å²) in [4.78, 5) is 22.2. The second-order valence-electron chi connectivity index (χ2n) is 6.69. The molecule has 1 aliphatic rings. The van der Waals surface area contributed by atoms with E-state index in [1.165, 1.54) is 24.3 Å². The van der Waals surface area contributed by atoms with E-state index in [9.17, 15) is 13.8 Å². The molecule has 6 nitrogen and oxygen atoms in total. The molecule has 1 aromatic rings.